The zero-order chi connectivity index (χ0) is 14.7. The van der Waals surface area contributed by atoms with Crippen LogP contribution < -0.4 is 0 Å². The lowest BCUT2D eigenvalue weighted by atomic mass is 10.2. The molecular formula is C15H17N3O2S. The van der Waals surface area contributed by atoms with Crippen LogP contribution in [0, 0.1) is 0 Å². The van der Waals surface area contributed by atoms with E-state index in [-0.39, 0.29) is 12.0 Å². The third kappa shape index (κ3) is 3.46. The van der Waals surface area contributed by atoms with Gasteiger partial charge in [0, 0.05) is 24.7 Å². The van der Waals surface area contributed by atoms with Crippen molar-refractivity contribution in [3.8, 4) is 10.7 Å². The third-order valence-corrected chi connectivity index (χ3v) is 4.28. The van der Waals surface area contributed by atoms with E-state index in [1.165, 1.54) is 11.3 Å². The number of carbonyl (C=O) groups excluding carboxylic acids is 1. The van der Waals surface area contributed by atoms with E-state index < -0.39 is 0 Å². The highest BCUT2D eigenvalue weighted by molar-refractivity contribution is 7.13. The van der Waals surface area contributed by atoms with E-state index in [2.05, 4.69) is 9.97 Å². The van der Waals surface area contributed by atoms with Crippen LogP contribution in [0.4, 0.5) is 0 Å². The van der Waals surface area contributed by atoms with Crippen LogP contribution in [-0.2, 0) is 16.0 Å². The number of morpholine rings is 1. The number of hydrogen-bond donors (Lipinski definition) is 0. The van der Waals surface area contributed by atoms with Crippen molar-refractivity contribution in [2.24, 2.45) is 0 Å². The molecule has 2 aromatic rings. The number of amides is 1. The van der Waals surface area contributed by atoms with Crippen molar-refractivity contribution in [1.82, 2.24) is 14.9 Å². The SMILES string of the molecule is C[C@@H]1CN(C(=O)Cc2csc(-c3ccccn3)n2)CCO1. The number of rotatable bonds is 3. The second-order valence-electron chi connectivity index (χ2n) is 5.06. The summed E-state index contributed by atoms with van der Waals surface area (Å²) in [4.78, 5) is 22.9. The van der Waals surface area contributed by atoms with Crippen molar-refractivity contribution in [2.45, 2.75) is 19.4 Å². The Morgan fingerprint density at radius 3 is 3.19 bits per heavy atom. The Labute approximate surface area is 127 Å². The van der Waals surface area contributed by atoms with Gasteiger partial charge in [-0.25, -0.2) is 4.98 Å². The highest BCUT2D eigenvalue weighted by Gasteiger charge is 2.22. The van der Waals surface area contributed by atoms with Crippen LogP contribution >= 0.6 is 11.3 Å². The van der Waals surface area contributed by atoms with Crippen LogP contribution in [0.1, 0.15) is 12.6 Å². The number of carbonyl (C=O) groups is 1. The summed E-state index contributed by atoms with van der Waals surface area (Å²) >= 11 is 1.52. The Hall–Kier alpha value is -1.79. The summed E-state index contributed by atoms with van der Waals surface area (Å²) in [5, 5.41) is 2.79. The maximum atomic E-state index is 12.3. The molecule has 1 aliphatic heterocycles. The van der Waals surface area contributed by atoms with Gasteiger partial charge in [-0.1, -0.05) is 6.07 Å². The molecule has 1 atom stereocenters. The number of pyridine rings is 1. The summed E-state index contributed by atoms with van der Waals surface area (Å²) in [6, 6.07) is 5.74. The second kappa shape index (κ2) is 6.32. The molecule has 0 bridgehead atoms. The zero-order valence-corrected chi connectivity index (χ0v) is 12.7. The van der Waals surface area contributed by atoms with Crippen molar-refractivity contribution >= 4 is 17.2 Å². The summed E-state index contributed by atoms with van der Waals surface area (Å²) in [5.41, 5.74) is 1.66. The molecule has 0 unspecified atom stereocenters. The molecule has 3 rings (SSSR count). The largest absolute Gasteiger partial charge is 0.375 e. The molecule has 0 spiro atoms. The molecule has 21 heavy (non-hydrogen) atoms. The molecule has 3 heterocycles. The molecule has 110 valence electrons. The standard InChI is InChI=1S/C15H17N3O2S/c1-11-9-18(6-7-20-11)14(19)8-12-10-21-15(17-12)13-4-2-3-5-16-13/h2-5,10-11H,6-9H2,1H3/t11-/m1/s1. The Morgan fingerprint density at radius 2 is 2.43 bits per heavy atom. The first-order chi connectivity index (χ1) is 10.2. The monoisotopic (exact) mass is 303 g/mol. The molecule has 0 radical (unpaired) electrons. The molecule has 1 saturated heterocycles. The Bertz CT molecular complexity index is 614. The lowest BCUT2D eigenvalue weighted by molar-refractivity contribution is -0.137. The van der Waals surface area contributed by atoms with Gasteiger partial charge in [0.1, 0.15) is 5.01 Å². The minimum Gasteiger partial charge on any atom is -0.375 e. The molecule has 1 amide bonds. The lowest BCUT2D eigenvalue weighted by Gasteiger charge is -2.31. The minimum atomic E-state index is 0.113. The quantitative estimate of drug-likeness (QED) is 0.870. The van der Waals surface area contributed by atoms with Gasteiger partial charge in [-0.05, 0) is 19.1 Å². The molecule has 2 aromatic heterocycles. The van der Waals surface area contributed by atoms with Crippen LogP contribution in [0.25, 0.3) is 10.7 Å². The van der Waals surface area contributed by atoms with Gasteiger partial charge in [-0.3, -0.25) is 9.78 Å². The first-order valence-corrected chi connectivity index (χ1v) is 7.85. The highest BCUT2D eigenvalue weighted by Crippen LogP contribution is 2.22. The molecule has 0 aliphatic carbocycles. The van der Waals surface area contributed by atoms with Gasteiger partial charge < -0.3 is 9.64 Å². The Kier molecular flexibility index (Phi) is 4.26. The molecule has 5 nitrogen and oxygen atoms in total. The summed E-state index contributed by atoms with van der Waals surface area (Å²) in [6.07, 6.45) is 2.20. The van der Waals surface area contributed by atoms with Gasteiger partial charge >= 0.3 is 0 Å². The van der Waals surface area contributed by atoms with Crippen LogP contribution in [0.2, 0.25) is 0 Å². The van der Waals surface area contributed by atoms with Crippen molar-refractivity contribution in [3.63, 3.8) is 0 Å². The van der Waals surface area contributed by atoms with E-state index in [0.717, 1.165) is 16.4 Å². The first-order valence-electron chi connectivity index (χ1n) is 6.97. The summed E-state index contributed by atoms with van der Waals surface area (Å²) in [5.74, 6) is 0.114. The molecule has 0 aromatic carbocycles. The smallest absolute Gasteiger partial charge is 0.228 e. The third-order valence-electron chi connectivity index (χ3n) is 3.36. The van der Waals surface area contributed by atoms with Gasteiger partial charge in [0.05, 0.1) is 30.5 Å². The summed E-state index contributed by atoms with van der Waals surface area (Å²) < 4.78 is 5.45. The summed E-state index contributed by atoms with van der Waals surface area (Å²) in [7, 11) is 0. The van der Waals surface area contributed by atoms with E-state index >= 15 is 0 Å². The van der Waals surface area contributed by atoms with Gasteiger partial charge in [0.15, 0.2) is 0 Å². The molecule has 1 fully saturated rings. The Morgan fingerprint density at radius 1 is 1.52 bits per heavy atom. The van der Waals surface area contributed by atoms with E-state index in [0.29, 0.717) is 26.1 Å². The molecule has 1 aliphatic rings. The van der Waals surface area contributed by atoms with E-state index in [1.54, 1.807) is 6.20 Å². The van der Waals surface area contributed by atoms with Gasteiger partial charge in [-0.15, -0.1) is 11.3 Å². The predicted molar refractivity (Wildman–Crippen MR) is 81.0 cm³/mol. The normalized spacial score (nSPS) is 18.7. The minimum absolute atomic E-state index is 0.113. The predicted octanol–water partition coefficient (Wildman–Crippen LogP) is 1.99. The maximum Gasteiger partial charge on any atom is 0.228 e. The van der Waals surface area contributed by atoms with Crippen LogP contribution in [0.5, 0.6) is 0 Å². The number of hydrogen-bond acceptors (Lipinski definition) is 5. The zero-order valence-electron chi connectivity index (χ0n) is 11.9. The molecule has 0 N–H and O–H groups in total. The Balaban J connectivity index is 1.66. The molecule has 0 saturated carbocycles. The molecule has 6 heteroatoms. The fourth-order valence-electron chi connectivity index (χ4n) is 2.31. The number of ether oxygens (including phenoxy) is 1. The van der Waals surface area contributed by atoms with Gasteiger partial charge in [-0.2, -0.15) is 0 Å². The maximum absolute atomic E-state index is 12.3. The van der Waals surface area contributed by atoms with Crippen LogP contribution in [-0.4, -0.2) is 46.6 Å². The highest BCUT2D eigenvalue weighted by atomic mass is 32.1. The number of nitrogens with zero attached hydrogens (tertiary/aromatic N) is 3. The average molecular weight is 303 g/mol. The van der Waals surface area contributed by atoms with Crippen molar-refractivity contribution in [1.29, 1.82) is 0 Å². The first kappa shape index (κ1) is 14.2. The number of thiazole rings is 1. The van der Waals surface area contributed by atoms with E-state index in [1.807, 2.05) is 35.4 Å². The van der Waals surface area contributed by atoms with Crippen molar-refractivity contribution in [3.05, 3.63) is 35.5 Å². The lowest BCUT2D eigenvalue weighted by Crippen LogP contribution is -2.45. The van der Waals surface area contributed by atoms with E-state index in [4.69, 9.17) is 4.74 Å². The van der Waals surface area contributed by atoms with Gasteiger partial charge in [0.25, 0.3) is 0 Å². The molecular weight excluding hydrogens is 286 g/mol. The van der Waals surface area contributed by atoms with Gasteiger partial charge in [0.2, 0.25) is 5.91 Å². The fraction of sp³-hybridized carbons (Fsp3) is 0.400. The second-order valence-corrected chi connectivity index (χ2v) is 5.92. The topological polar surface area (TPSA) is 55.3 Å². The van der Waals surface area contributed by atoms with E-state index in [9.17, 15) is 4.79 Å². The fourth-order valence-corrected chi connectivity index (χ4v) is 3.10. The summed E-state index contributed by atoms with van der Waals surface area (Å²) in [6.45, 7) is 3.93. The van der Waals surface area contributed by atoms with Crippen LogP contribution in [0.15, 0.2) is 29.8 Å². The van der Waals surface area contributed by atoms with Crippen molar-refractivity contribution in [2.75, 3.05) is 19.7 Å². The average Bonchev–Trinajstić information content (AvgIpc) is 2.97. The number of aromatic nitrogens is 2. The van der Waals surface area contributed by atoms with Crippen LogP contribution in [0.3, 0.4) is 0 Å². The van der Waals surface area contributed by atoms with Crippen molar-refractivity contribution < 1.29 is 9.53 Å².